The Morgan fingerprint density at radius 2 is 2.06 bits per heavy atom. The van der Waals surface area contributed by atoms with E-state index in [9.17, 15) is 23.1 Å². The Kier molecular flexibility index (Phi) is 4.10. The third-order valence-corrected chi connectivity index (χ3v) is 3.14. The zero-order valence-electron chi connectivity index (χ0n) is 10.5. The van der Waals surface area contributed by atoms with E-state index in [1.807, 2.05) is 0 Å². The van der Waals surface area contributed by atoms with E-state index in [1.165, 1.54) is 0 Å². The lowest BCUT2D eigenvalue weighted by Crippen LogP contribution is -2.62. The Bertz CT molecular complexity index is 346. The Labute approximate surface area is 104 Å². The second kappa shape index (κ2) is 4.91. The second-order valence-corrected chi connectivity index (χ2v) is 5.21. The number of hydrogen-bond donors (Lipinski definition) is 2. The van der Waals surface area contributed by atoms with E-state index in [0.29, 0.717) is 6.42 Å². The molecule has 1 fully saturated rings. The lowest BCUT2D eigenvalue weighted by Gasteiger charge is -2.44. The molecule has 2 N–H and O–H groups in total. The van der Waals surface area contributed by atoms with E-state index in [-0.39, 0.29) is 11.8 Å². The first kappa shape index (κ1) is 15.0. The molecule has 1 aliphatic rings. The van der Waals surface area contributed by atoms with Crippen molar-refractivity contribution >= 4 is 5.91 Å². The largest absolute Gasteiger partial charge is 0.417 e. The van der Waals surface area contributed by atoms with Gasteiger partial charge < -0.3 is 10.4 Å². The molecule has 1 amide bonds. The van der Waals surface area contributed by atoms with Crippen LogP contribution in [0, 0.1) is 5.92 Å². The molecule has 104 valence electrons. The van der Waals surface area contributed by atoms with Crippen molar-refractivity contribution in [3.8, 4) is 0 Å². The van der Waals surface area contributed by atoms with Crippen LogP contribution in [0.15, 0.2) is 12.2 Å². The molecular weight excluding hydrogens is 247 g/mol. The molecule has 0 saturated heterocycles. The molecule has 6 heteroatoms. The fourth-order valence-electron chi connectivity index (χ4n) is 2.05. The molecule has 0 aromatic rings. The van der Waals surface area contributed by atoms with Crippen molar-refractivity contribution in [3.05, 3.63) is 12.2 Å². The minimum absolute atomic E-state index is 0.299. The Balaban J connectivity index is 2.40. The zero-order valence-corrected chi connectivity index (χ0v) is 10.5. The molecule has 18 heavy (non-hydrogen) atoms. The summed E-state index contributed by atoms with van der Waals surface area (Å²) >= 11 is 0. The summed E-state index contributed by atoms with van der Waals surface area (Å²) in [6, 6.07) is -0.600. The van der Waals surface area contributed by atoms with E-state index >= 15 is 0 Å². The quantitative estimate of drug-likeness (QED) is 0.765. The summed E-state index contributed by atoms with van der Waals surface area (Å²) < 4.78 is 37.1. The Morgan fingerprint density at radius 3 is 2.44 bits per heavy atom. The van der Waals surface area contributed by atoms with Crippen molar-refractivity contribution in [2.75, 3.05) is 0 Å². The van der Waals surface area contributed by atoms with Crippen LogP contribution in [0.5, 0.6) is 0 Å². The van der Waals surface area contributed by atoms with Crippen molar-refractivity contribution in [3.63, 3.8) is 0 Å². The molecule has 0 aromatic carbocycles. The van der Waals surface area contributed by atoms with Gasteiger partial charge in [-0.2, -0.15) is 13.2 Å². The monoisotopic (exact) mass is 265 g/mol. The summed E-state index contributed by atoms with van der Waals surface area (Å²) in [6.07, 6.45) is -5.07. The van der Waals surface area contributed by atoms with Gasteiger partial charge in [0.1, 0.15) is 0 Å². The fourth-order valence-corrected chi connectivity index (χ4v) is 2.05. The maximum atomic E-state index is 12.4. The third-order valence-electron chi connectivity index (χ3n) is 3.14. The fraction of sp³-hybridized carbons (Fsp3) is 0.750. The molecule has 3 nitrogen and oxygen atoms in total. The Morgan fingerprint density at radius 1 is 1.56 bits per heavy atom. The summed E-state index contributed by atoms with van der Waals surface area (Å²) in [7, 11) is 0. The van der Waals surface area contributed by atoms with E-state index in [1.54, 1.807) is 13.8 Å². The second-order valence-electron chi connectivity index (χ2n) is 5.21. The van der Waals surface area contributed by atoms with Crippen molar-refractivity contribution < 1.29 is 23.1 Å². The standard InChI is InChI=1S/C12H18F3NO2/c1-7(2)4-8(3)10(17)16-9-5-11(18,6-9)12(13,14)15/h8-9,18H,1,4-6H2,2-3H3,(H,16,17). The summed E-state index contributed by atoms with van der Waals surface area (Å²) in [5.74, 6) is -0.616. The first-order valence-electron chi connectivity index (χ1n) is 5.79. The van der Waals surface area contributed by atoms with Gasteiger partial charge in [-0.3, -0.25) is 4.79 Å². The van der Waals surface area contributed by atoms with Gasteiger partial charge in [-0.25, -0.2) is 0 Å². The number of carbonyl (C=O) groups excluding carboxylic acids is 1. The number of halogens is 3. The number of alkyl halides is 3. The maximum absolute atomic E-state index is 12.4. The molecule has 0 heterocycles. The molecule has 0 aromatic heterocycles. The topological polar surface area (TPSA) is 49.3 Å². The molecule has 0 spiro atoms. The van der Waals surface area contributed by atoms with Crippen LogP contribution in [0.25, 0.3) is 0 Å². The maximum Gasteiger partial charge on any atom is 0.417 e. The lowest BCUT2D eigenvalue weighted by molar-refractivity contribution is -0.291. The lowest BCUT2D eigenvalue weighted by atomic mass is 9.75. The molecule has 1 unspecified atom stereocenters. The molecule has 0 bridgehead atoms. The SMILES string of the molecule is C=C(C)CC(C)C(=O)NC1CC(O)(C(F)(F)F)C1. The molecule has 1 rings (SSSR count). The molecular formula is C12H18F3NO2. The van der Waals surface area contributed by atoms with Crippen LogP contribution < -0.4 is 5.32 Å². The van der Waals surface area contributed by atoms with Crippen molar-refractivity contribution in [2.24, 2.45) is 5.92 Å². The van der Waals surface area contributed by atoms with Crippen LogP contribution in [-0.2, 0) is 4.79 Å². The smallest absolute Gasteiger partial charge is 0.380 e. The summed E-state index contributed by atoms with van der Waals surface area (Å²) in [4.78, 5) is 11.6. The van der Waals surface area contributed by atoms with E-state index in [2.05, 4.69) is 11.9 Å². The van der Waals surface area contributed by atoms with Crippen LogP contribution in [0.2, 0.25) is 0 Å². The van der Waals surface area contributed by atoms with Crippen molar-refractivity contribution in [1.29, 1.82) is 0 Å². The minimum Gasteiger partial charge on any atom is -0.380 e. The van der Waals surface area contributed by atoms with Crippen LogP contribution in [0.1, 0.15) is 33.1 Å². The predicted octanol–water partition coefficient (Wildman–Crippen LogP) is 2.16. The van der Waals surface area contributed by atoms with Gasteiger partial charge in [0.05, 0.1) is 0 Å². The minimum atomic E-state index is -4.63. The molecule has 1 atom stereocenters. The van der Waals surface area contributed by atoms with Gasteiger partial charge in [-0.15, -0.1) is 6.58 Å². The van der Waals surface area contributed by atoms with Crippen LogP contribution in [0.4, 0.5) is 13.2 Å². The number of aliphatic hydroxyl groups is 1. The Hall–Kier alpha value is -1.04. The van der Waals surface area contributed by atoms with Gasteiger partial charge in [-0.1, -0.05) is 12.5 Å². The van der Waals surface area contributed by atoms with Gasteiger partial charge in [-0.05, 0) is 13.3 Å². The van der Waals surface area contributed by atoms with Gasteiger partial charge in [0.25, 0.3) is 0 Å². The van der Waals surface area contributed by atoms with Gasteiger partial charge in [0.2, 0.25) is 5.91 Å². The number of carbonyl (C=O) groups is 1. The first-order valence-corrected chi connectivity index (χ1v) is 5.79. The van der Waals surface area contributed by atoms with E-state index in [4.69, 9.17) is 0 Å². The molecule has 0 radical (unpaired) electrons. The molecule has 1 aliphatic carbocycles. The zero-order chi connectivity index (χ0) is 14.1. The summed E-state index contributed by atoms with van der Waals surface area (Å²) in [6.45, 7) is 7.16. The average molecular weight is 265 g/mol. The number of rotatable bonds is 4. The normalized spacial score (nSPS) is 29.3. The third kappa shape index (κ3) is 3.25. The first-order chi connectivity index (χ1) is 8.05. The average Bonchev–Trinajstić information content (AvgIpc) is 2.11. The highest BCUT2D eigenvalue weighted by Gasteiger charge is 2.61. The van der Waals surface area contributed by atoms with E-state index < -0.39 is 30.7 Å². The number of allylic oxidation sites excluding steroid dienone is 1. The van der Waals surface area contributed by atoms with Crippen molar-refractivity contribution in [1.82, 2.24) is 5.32 Å². The van der Waals surface area contributed by atoms with Gasteiger partial charge in [0, 0.05) is 24.8 Å². The number of hydrogen-bond acceptors (Lipinski definition) is 2. The van der Waals surface area contributed by atoms with Crippen LogP contribution in [-0.4, -0.2) is 28.8 Å². The van der Waals surface area contributed by atoms with Crippen LogP contribution in [0.3, 0.4) is 0 Å². The van der Waals surface area contributed by atoms with Crippen molar-refractivity contribution in [2.45, 2.75) is 50.9 Å². The highest BCUT2D eigenvalue weighted by atomic mass is 19.4. The predicted molar refractivity (Wildman–Crippen MR) is 60.8 cm³/mol. The highest BCUT2D eigenvalue weighted by Crippen LogP contribution is 2.45. The number of nitrogens with one attached hydrogen (secondary N) is 1. The molecule has 0 aliphatic heterocycles. The van der Waals surface area contributed by atoms with Gasteiger partial charge >= 0.3 is 6.18 Å². The molecule has 1 saturated carbocycles. The summed E-state index contributed by atoms with van der Waals surface area (Å²) in [5.41, 5.74) is -1.79. The van der Waals surface area contributed by atoms with Gasteiger partial charge in [0.15, 0.2) is 5.60 Å². The summed E-state index contributed by atoms with van der Waals surface area (Å²) in [5, 5.41) is 11.7. The number of amides is 1. The highest BCUT2D eigenvalue weighted by molar-refractivity contribution is 5.79. The van der Waals surface area contributed by atoms with E-state index in [0.717, 1.165) is 5.57 Å². The van der Waals surface area contributed by atoms with Crippen LogP contribution >= 0.6 is 0 Å².